The number of anilines is 2. The summed E-state index contributed by atoms with van der Waals surface area (Å²) in [6.07, 6.45) is 3.27. The van der Waals surface area contributed by atoms with Crippen LogP contribution in [0.2, 0.25) is 10.0 Å². The number of nitrogens with one attached hydrogen (secondary N) is 1. The average Bonchev–Trinajstić information content (AvgIpc) is 2.77. The summed E-state index contributed by atoms with van der Waals surface area (Å²) < 4.78 is 5.40. The van der Waals surface area contributed by atoms with Gasteiger partial charge in [-0.25, -0.2) is 4.98 Å². The fraction of sp³-hybridized carbons (Fsp3) is 0.450. The van der Waals surface area contributed by atoms with Gasteiger partial charge < -0.3 is 25.0 Å². The van der Waals surface area contributed by atoms with Crippen molar-refractivity contribution in [2.75, 3.05) is 49.2 Å². The van der Waals surface area contributed by atoms with Crippen LogP contribution in [0.5, 0.6) is 5.75 Å². The molecule has 2 fully saturated rings. The van der Waals surface area contributed by atoms with Gasteiger partial charge in [0, 0.05) is 43.4 Å². The van der Waals surface area contributed by atoms with E-state index in [1.165, 1.54) is 12.1 Å². The number of aromatic hydroxyl groups is 1. The molecule has 1 aromatic heterocycles. The van der Waals surface area contributed by atoms with E-state index in [1.807, 2.05) is 6.07 Å². The number of hydrogen-bond donors (Lipinski definition) is 2. The monoisotopic (exact) mass is 451 g/mol. The maximum atomic E-state index is 12.6. The Morgan fingerprint density at radius 1 is 1.13 bits per heavy atom. The van der Waals surface area contributed by atoms with Gasteiger partial charge in [0.1, 0.15) is 11.6 Å². The Labute approximate surface area is 184 Å². The van der Waals surface area contributed by atoms with E-state index in [-0.39, 0.29) is 28.3 Å². The second kappa shape index (κ2) is 9.24. The van der Waals surface area contributed by atoms with Crippen molar-refractivity contribution in [2.45, 2.75) is 18.9 Å². The van der Waals surface area contributed by atoms with Gasteiger partial charge in [0.25, 0.3) is 5.91 Å². The number of piperidine rings is 1. The van der Waals surface area contributed by atoms with Crippen molar-refractivity contribution in [3.63, 3.8) is 0 Å². The van der Waals surface area contributed by atoms with Crippen LogP contribution >= 0.6 is 23.2 Å². The molecule has 1 aromatic carbocycles. The molecule has 2 aliphatic heterocycles. The number of morpholine rings is 1. The van der Waals surface area contributed by atoms with Gasteiger partial charge in [-0.3, -0.25) is 4.79 Å². The largest absolute Gasteiger partial charge is 0.506 e. The predicted molar refractivity (Wildman–Crippen MR) is 116 cm³/mol. The highest BCUT2D eigenvalue weighted by molar-refractivity contribution is 6.36. The van der Waals surface area contributed by atoms with Crippen molar-refractivity contribution in [3.05, 3.63) is 40.0 Å². The van der Waals surface area contributed by atoms with Gasteiger partial charge in [0.05, 0.1) is 23.8 Å². The number of nitrogens with zero attached hydrogens (tertiary/aromatic N) is 4. The summed E-state index contributed by atoms with van der Waals surface area (Å²) in [5.74, 6) is 0.959. The summed E-state index contributed by atoms with van der Waals surface area (Å²) in [6.45, 7) is 4.51. The van der Waals surface area contributed by atoms with E-state index < -0.39 is 0 Å². The van der Waals surface area contributed by atoms with Crippen molar-refractivity contribution in [1.29, 1.82) is 0 Å². The Bertz CT molecular complexity index is 915. The van der Waals surface area contributed by atoms with Crippen LogP contribution in [-0.2, 0) is 4.74 Å². The standard InChI is InChI=1S/C20H23Cl2N5O3/c21-13-11-15(18(28)16(22)12-13)19(29)24-14-2-5-27(6-3-14)20-23-4-1-17(25-20)26-7-9-30-10-8-26/h1,4,11-12,14,28H,2-3,5-10H2,(H,24,29). The number of phenols is 1. The first-order valence-electron chi connectivity index (χ1n) is 9.91. The third-order valence-electron chi connectivity index (χ3n) is 5.35. The molecule has 0 radical (unpaired) electrons. The Kier molecular flexibility index (Phi) is 6.46. The summed E-state index contributed by atoms with van der Waals surface area (Å²) in [5, 5.41) is 13.4. The van der Waals surface area contributed by atoms with Gasteiger partial charge in [-0.15, -0.1) is 0 Å². The third-order valence-corrected chi connectivity index (χ3v) is 5.86. The zero-order chi connectivity index (χ0) is 21.1. The van der Waals surface area contributed by atoms with Gasteiger partial charge in [-0.2, -0.15) is 4.98 Å². The molecule has 2 aromatic rings. The van der Waals surface area contributed by atoms with Crippen LogP contribution < -0.4 is 15.1 Å². The maximum absolute atomic E-state index is 12.6. The molecule has 8 nitrogen and oxygen atoms in total. The molecule has 2 saturated heterocycles. The summed E-state index contributed by atoms with van der Waals surface area (Å²) in [4.78, 5) is 26.0. The molecule has 160 valence electrons. The van der Waals surface area contributed by atoms with Gasteiger partial charge >= 0.3 is 0 Å². The molecule has 0 aliphatic carbocycles. The van der Waals surface area contributed by atoms with Crippen molar-refractivity contribution in [2.24, 2.45) is 0 Å². The molecule has 0 atom stereocenters. The van der Waals surface area contributed by atoms with Gasteiger partial charge in [-0.1, -0.05) is 23.2 Å². The Morgan fingerprint density at radius 3 is 2.60 bits per heavy atom. The first-order valence-corrected chi connectivity index (χ1v) is 10.7. The average molecular weight is 452 g/mol. The van der Waals surface area contributed by atoms with Crippen LogP contribution in [0, 0.1) is 0 Å². The van der Waals surface area contributed by atoms with Crippen LogP contribution in [0.1, 0.15) is 23.2 Å². The highest BCUT2D eigenvalue weighted by atomic mass is 35.5. The van der Waals surface area contributed by atoms with Gasteiger partial charge in [0.2, 0.25) is 5.95 Å². The first-order chi connectivity index (χ1) is 14.5. The van der Waals surface area contributed by atoms with E-state index in [0.717, 1.165) is 44.8 Å². The zero-order valence-corrected chi connectivity index (χ0v) is 17.9. The Hall–Kier alpha value is -2.29. The number of phenolic OH excluding ortho intramolecular Hbond substituents is 1. The van der Waals surface area contributed by atoms with Crippen molar-refractivity contribution in [3.8, 4) is 5.75 Å². The number of hydrogen-bond acceptors (Lipinski definition) is 7. The first kappa shape index (κ1) is 21.0. The second-order valence-corrected chi connectivity index (χ2v) is 8.18. The number of benzene rings is 1. The number of rotatable bonds is 4. The molecule has 0 unspecified atom stereocenters. The Balaban J connectivity index is 1.36. The highest BCUT2D eigenvalue weighted by Crippen LogP contribution is 2.31. The lowest BCUT2D eigenvalue weighted by molar-refractivity contribution is 0.0928. The van der Waals surface area contributed by atoms with E-state index in [0.29, 0.717) is 24.2 Å². The fourth-order valence-electron chi connectivity index (χ4n) is 3.69. The molecule has 0 saturated carbocycles. The fourth-order valence-corrected chi connectivity index (χ4v) is 4.18. The van der Waals surface area contributed by atoms with E-state index in [9.17, 15) is 9.90 Å². The number of amides is 1. The number of carbonyl (C=O) groups excluding carboxylic acids is 1. The molecule has 2 aliphatic rings. The van der Waals surface area contributed by atoms with Crippen LogP contribution in [-0.4, -0.2) is 66.4 Å². The lowest BCUT2D eigenvalue weighted by atomic mass is 10.0. The van der Waals surface area contributed by atoms with Gasteiger partial charge in [-0.05, 0) is 31.0 Å². The number of aromatic nitrogens is 2. The topological polar surface area (TPSA) is 90.8 Å². The highest BCUT2D eigenvalue weighted by Gasteiger charge is 2.25. The summed E-state index contributed by atoms with van der Waals surface area (Å²) in [5.41, 5.74) is 0.0801. The van der Waals surface area contributed by atoms with Crippen molar-refractivity contribution in [1.82, 2.24) is 15.3 Å². The van der Waals surface area contributed by atoms with E-state index in [2.05, 4.69) is 20.1 Å². The molecule has 1 amide bonds. The molecule has 0 spiro atoms. The van der Waals surface area contributed by atoms with Crippen molar-refractivity contribution >= 4 is 40.9 Å². The SMILES string of the molecule is O=C(NC1CCN(c2nccc(N3CCOCC3)n2)CC1)c1cc(Cl)cc(Cl)c1O. The molecule has 2 N–H and O–H groups in total. The Morgan fingerprint density at radius 2 is 1.87 bits per heavy atom. The minimum atomic E-state index is -0.388. The quantitative estimate of drug-likeness (QED) is 0.737. The molecule has 30 heavy (non-hydrogen) atoms. The van der Waals surface area contributed by atoms with E-state index in [4.69, 9.17) is 32.9 Å². The van der Waals surface area contributed by atoms with Crippen LogP contribution in [0.25, 0.3) is 0 Å². The summed E-state index contributed by atoms with van der Waals surface area (Å²) in [7, 11) is 0. The summed E-state index contributed by atoms with van der Waals surface area (Å²) in [6, 6.07) is 4.72. The maximum Gasteiger partial charge on any atom is 0.255 e. The third kappa shape index (κ3) is 4.71. The normalized spacial score (nSPS) is 17.8. The molecular weight excluding hydrogens is 429 g/mol. The number of halogens is 2. The molecule has 10 heteroatoms. The van der Waals surface area contributed by atoms with Crippen LogP contribution in [0.15, 0.2) is 24.4 Å². The van der Waals surface area contributed by atoms with E-state index in [1.54, 1.807) is 6.20 Å². The number of carbonyl (C=O) groups is 1. The molecule has 4 rings (SSSR count). The van der Waals surface area contributed by atoms with Crippen LogP contribution in [0.4, 0.5) is 11.8 Å². The lowest BCUT2D eigenvalue weighted by Gasteiger charge is -2.33. The summed E-state index contributed by atoms with van der Waals surface area (Å²) >= 11 is 11.9. The molecular formula is C20H23Cl2N5O3. The minimum Gasteiger partial charge on any atom is -0.506 e. The molecule has 3 heterocycles. The lowest BCUT2D eigenvalue weighted by Crippen LogP contribution is -2.45. The second-order valence-electron chi connectivity index (χ2n) is 7.33. The smallest absolute Gasteiger partial charge is 0.255 e. The van der Waals surface area contributed by atoms with Gasteiger partial charge in [0.15, 0.2) is 0 Å². The van der Waals surface area contributed by atoms with Crippen molar-refractivity contribution < 1.29 is 14.6 Å². The predicted octanol–water partition coefficient (Wildman–Crippen LogP) is 2.72. The molecule has 0 bridgehead atoms. The van der Waals surface area contributed by atoms with Crippen LogP contribution in [0.3, 0.4) is 0 Å². The minimum absolute atomic E-state index is 0.0201. The number of ether oxygens (including phenoxy) is 1. The zero-order valence-electron chi connectivity index (χ0n) is 16.4. The van der Waals surface area contributed by atoms with E-state index >= 15 is 0 Å².